The molecule has 0 atom stereocenters. The van der Waals surface area contributed by atoms with Crippen LogP contribution in [0.3, 0.4) is 0 Å². The molecule has 0 saturated carbocycles. The van der Waals surface area contributed by atoms with Crippen LogP contribution < -0.4 is 10.6 Å². The first kappa shape index (κ1) is 33.3. The number of aryl methyl sites for hydroxylation is 1. The molecule has 0 saturated heterocycles. The fourth-order valence-corrected chi connectivity index (χ4v) is 4.10. The van der Waals surface area contributed by atoms with Crippen molar-refractivity contribution in [2.45, 2.75) is 20.0 Å². The minimum absolute atomic E-state index is 0.00934. The summed E-state index contributed by atoms with van der Waals surface area (Å²) in [6.45, 7) is 4.09. The van der Waals surface area contributed by atoms with E-state index in [0.717, 1.165) is 17.7 Å². The zero-order valence-corrected chi connectivity index (χ0v) is 24.5. The Balaban J connectivity index is 0.000000238. The number of anilines is 4. The van der Waals surface area contributed by atoms with Gasteiger partial charge in [-0.05, 0) is 67.9 Å². The van der Waals surface area contributed by atoms with E-state index < -0.39 is 23.7 Å². The quantitative estimate of drug-likeness (QED) is 0.0958. The minimum Gasteiger partial charge on any atom is -0.478 e. The summed E-state index contributed by atoms with van der Waals surface area (Å²) in [4.78, 5) is 23.2. The van der Waals surface area contributed by atoms with Crippen molar-refractivity contribution in [2.75, 3.05) is 24.0 Å². The van der Waals surface area contributed by atoms with E-state index in [2.05, 4.69) is 10.6 Å². The predicted molar refractivity (Wildman–Crippen MR) is 161 cm³/mol. The Morgan fingerprint density at radius 2 is 1.49 bits per heavy atom. The van der Waals surface area contributed by atoms with Crippen LogP contribution in [0.5, 0.6) is 0 Å². The lowest BCUT2D eigenvalue weighted by Gasteiger charge is -2.15. The van der Waals surface area contributed by atoms with Crippen molar-refractivity contribution < 1.29 is 37.3 Å². The first-order valence-electron chi connectivity index (χ1n) is 12.7. The van der Waals surface area contributed by atoms with Gasteiger partial charge >= 0.3 is 18.1 Å². The largest absolute Gasteiger partial charge is 0.478 e. The topological polar surface area (TPSA) is 96.9 Å². The number of carboxylic acid groups (broad SMARTS) is 1. The third-order valence-corrected chi connectivity index (χ3v) is 6.60. The van der Waals surface area contributed by atoms with Crippen molar-refractivity contribution in [1.29, 1.82) is 0 Å². The van der Waals surface area contributed by atoms with Crippen LogP contribution in [0, 0.1) is 6.92 Å². The summed E-state index contributed by atoms with van der Waals surface area (Å²) in [7, 11) is 0. The SMILES string of the molecule is CCOCOC(=O)c1ccccc1Nc1c(Cl)ccc(C)c1Cl.O=C(O)c1ccccc1Nc1cccc(C(F)(F)F)c1. The maximum absolute atomic E-state index is 12.6. The van der Waals surface area contributed by atoms with Gasteiger partial charge in [0, 0.05) is 12.3 Å². The highest BCUT2D eigenvalue weighted by Crippen LogP contribution is 2.36. The van der Waals surface area contributed by atoms with Gasteiger partial charge in [0.1, 0.15) is 0 Å². The number of hydrogen-bond donors (Lipinski definition) is 3. The molecule has 4 aromatic carbocycles. The molecule has 43 heavy (non-hydrogen) atoms. The number of benzene rings is 4. The van der Waals surface area contributed by atoms with E-state index in [9.17, 15) is 22.8 Å². The Morgan fingerprint density at radius 3 is 2.12 bits per heavy atom. The maximum Gasteiger partial charge on any atom is 0.416 e. The second kappa shape index (κ2) is 15.3. The number of ether oxygens (including phenoxy) is 2. The Labute approximate surface area is 256 Å². The average molecular weight is 635 g/mol. The smallest absolute Gasteiger partial charge is 0.416 e. The van der Waals surface area contributed by atoms with Crippen molar-refractivity contribution >= 4 is 57.9 Å². The Bertz CT molecular complexity index is 1580. The molecule has 0 aliphatic heterocycles. The van der Waals surface area contributed by atoms with Crippen molar-refractivity contribution in [1.82, 2.24) is 0 Å². The van der Waals surface area contributed by atoms with Gasteiger partial charge in [-0.3, -0.25) is 0 Å². The van der Waals surface area contributed by atoms with Gasteiger partial charge in [0.2, 0.25) is 0 Å². The molecule has 0 bridgehead atoms. The van der Waals surface area contributed by atoms with Crippen LogP contribution in [-0.2, 0) is 15.7 Å². The number of nitrogens with one attached hydrogen (secondary N) is 2. The number of alkyl halides is 3. The molecule has 0 fully saturated rings. The second-order valence-corrected chi connectivity index (χ2v) is 9.61. The zero-order chi connectivity index (χ0) is 31.6. The van der Waals surface area contributed by atoms with Gasteiger partial charge in [0.25, 0.3) is 0 Å². The number of aromatic carboxylic acids is 1. The van der Waals surface area contributed by atoms with E-state index in [1.165, 1.54) is 24.3 Å². The molecule has 3 N–H and O–H groups in total. The molecular formula is C31H27Cl2F3N2O5. The zero-order valence-electron chi connectivity index (χ0n) is 23.0. The first-order valence-corrected chi connectivity index (χ1v) is 13.5. The molecule has 0 aromatic heterocycles. The van der Waals surface area contributed by atoms with Crippen LogP contribution >= 0.6 is 23.2 Å². The third-order valence-electron chi connectivity index (χ3n) is 5.79. The Kier molecular flexibility index (Phi) is 11.8. The molecule has 0 spiro atoms. The number of carbonyl (C=O) groups excluding carboxylic acids is 1. The Hall–Kier alpha value is -4.25. The highest BCUT2D eigenvalue weighted by molar-refractivity contribution is 6.39. The van der Waals surface area contributed by atoms with Crippen LogP contribution in [0.2, 0.25) is 10.0 Å². The number of carboxylic acids is 1. The average Bonchev–Trinajstić information content (AvgIpc) is 2.98. The summed E-state index contributed by atoms with van der Waals surface area (Å²) in [5.41, 5.74) is 1.98. The van der Waals surface area contributed by atoms with E-state index >= 15 is 0 Å². The third kappa shape index (κ3) is 9.37. The fourth-order valence-electron chi connectivity index (χ4n) is 3.64. The molecule has 0 aliphatic carbocycles. The molecule has 0 heterocycles. The molecule has 0 unspecified atom stereocenters. The molecule has 7 nitrogen and oxygen atoms in total. The van der Waals surface area contributed by atoms with Crippen molar-refractivity contribution in [3.63, 3.8) is 0 Å². The number of halogens is 5. The van der Waals surface area contributed by atoms with E-state index in [0.29, 0.717) is 33.6 Å². The van der Waals surface area contributed by atoms with Crippen molar-refractivity contribution in [3.05, 3.63) is 117 Å². The summed E-state index contributed by atoms with van der Waals surface area (Å²) in [6, 6.07) is 21.1. The van der Waals surface area contributed by atoms with Crippen LogP contribution in [-0.4, -0.2) is 30.4 Å². The molecule has 12 heteroatoms. The normalized spacial score (nSPS) is 10.8. The van der Waals surface area contributed by atoms with E-state index in [1.54, 1.807) is 42.5 Å². The lowest BCUT2D eigenvalue weighted by Crippen LogP contribution is -2.11. The number of esters is 1. The van der Waals surface area contributed by atoms with Gasteiger partial charge in [-0.25, -0.2) is 9.59 Å². The number of carbonyl (C=O) groups is 2. The van der Waals surface area contributed by atoms with E-state index in [4.69, 9.17) is 37.8 Å². The number of para-hydroxylation sites is 2. The van der Waals surface area contributed by atoms with Gasteiger partial charge in [0.15, 0.2) is 6.79 Å². The minimum atomic E-state index is -4.44. The monoisotopic (exact) mass is 634 g/mol. The van der Waals surface area contributed by atoms with Crippen LogP contribution in [0.1, 0.15) is 38.8 Å². The van der Waals surface area contributed by atoms with Crippen LogP contribution in [0.25, 0.3) is 0 Å². The van der Waals surface area contributed by atoms with Gasteiger partial charge < -0.3 is 25.2 Å². The van der Waals surface area contributed by atoms with Crippen molar-refractivity contribution in [3.8, 4) is 0 Å². The molecular weight excluding hydrogens is 608 g/mol. The van der Waals surface area contributed by atoms with Gasteiger partial charge in [0.05, 0.1) is 43.8 Å². The number of rotatable bonds is 9. The first-order chi connectivity index (χ1) is 20.4. The maximum atomic E-state index is 12.6. The lowest BCUT2D eigenvalue weighted by molar-refractivity contribution is -0.137. The molecule has 0 radical (unpaired) electrons. The fraction of sp³-hybridized carbons (Fsp3) is 0.161. The molecule has 226 valence electrons. The van der Waals surface area contributed by atoms with Crippen LogP contribution in [0.15, 0.2) is 84.9 Å². The summed E-state index contributed by atoms with van der Waals surface area (Å²) in [5, 5.41) is 15.8. The van der Waals surface area contributed by atoms with E-state index in [-0.39, 0.29) is 23.7 Å². The lowest BCUT2D eigenvalue weighted by atomic mass is 10.1. The molecule has 4 rings (SSSR count). The molecule has 0 aliphatic rings. The van der Waals surface area contributed by atoms with Gasteiger partial charge in [-0.15, -0.1) is 0 Å². The predicted octanol–water partition coefficient (Wildman–Crippen LogP) is 9.34. The van der Waals surface area contributed by atoms with E-state index in [1.807, 2.05) is 19.9 Å². The van der Waals surface area contributed by atoms with Crippen molar-refractivity contribution in [2.24, 2.45) is 0 Å². The molecule has 4 aromatic rings. The van der Waals surface area contributed by atoms with Gasteiger partial charge in [-0.1, -0.05) is 59.6 Å². The summed E-state index contributed by atoms with van der Waals surface area (Å²) < 4.78 is 47.9. The highest BCUT2D eigenvalue weighted by Gasteiger charge is 2.30. The van der Waals surface area contributed by atoms with Gasteiger partial charge in [-0.2, -0.15) is 13.2 Å². The standard InChI is InChI=1S/C17H17Cl2NO3.C14H10F3NO2/c1-3-22-10-23-17(21)12-6-4-5-7-14(12)20-16-13(18)9-8-11(2)15(16)19;15-14(16,17)9-4-3-5-10(8-9)18-12-7-2-1-6-11(12)13(19)20/h4-9,20H,3,10H2,1-2H3;1-8,18H,(H,19,20). The molecule has 0 amide bonds. The van der Waals surface area contributed by atoms with Crippen LogP contribution in [0.4, 0.5) is 35.9 Å². The summed E-state index contributed by atoms with van der Waals surface area (Å²) in [5.74, 6) is -1.64. The second-order valence-electron chi connectivity index (χ2n) is 8.82. The highest BCUT2D eigenvalue weighted by atomic mass is 35.5. The number of hydrogen-bond acceptors (Lipinski definition) is 6. The summed E-state index contributed by atoms with van der Waals surface area (Å²) in [6.07, 6.45) is -4.44. The summed E-state index contributed by atoms with van der Waals surface area (Å²) >= 11 is 12.5. The Morgan fingerprint density at radius 1 is 0.860 bits per heavy atom.